The second-order valence-electron chi connectivity index (χ2n) is 7.13. The van der Waals surface area contributed by atoms with Crippen LogP contribution in [-0.2, 0) is 18.3 Å². The average molecular weight is 417 g/mol. The molecule has 4 rings (SSSR count). The third-order valence-electron chi connectivity index (χ3n) is 5.25. The number of aromatic nitrogens is 1. The largest absolute Gasteiger partial charge is 0.340 e. The lowest BCUT2D eigenvalue weighted by Gasteiger charge is -2.20. The molecule has 30 heavy (non-hydrogen) atoms. The minimum atomic E-state index is -0.849. The number of aryl methyl sites for hydroxylation is 1. The highest BCUT2D eigenvalue weighted by atomic mass is 32.1. The van der Waals surface area contributed by atoms with E-state index >= 15 is 0 Å². The van der Waals surface area contributed by atoms with Crippen molar-refractivity contribution in [2.45, 2.75) is 12.5 Å². The van der Waals surface area contributed by atoms with Crippen molar-refractivity contribution in [2.24, 2.45) is 7.05 Å². The minimum Gasteiger partial charge on any atom is -0.340 e. The molecule has 2 aromatic heterocycles. The van der Waals surface area contributed by atoms with E-state index in [-0.39, 0.29) is 5.91 Å². The first-order valence-corrected chi connectivity index (χ1v) is 10.4. The molecule has 7 heteroatoms. The van der Waals surface area contributed by atoms with E-state index in [0.717, 1.165) is 31.5 Å². The Kier molecular flexibility index (Phi) is 5.25. The Morgan fingerprint density at radius 1 is 1.20 bits per heavy atom. The molecule has 6 nitrogen and oxygen atoms in total. The number of nitriles is 1. The van der Waals surface area contributed by atoms with Crippen LogP contribution in [-0.4, -0.2) is 34.4 Å². The Hall–Kier alpha value is -3.63. The van der Waals surface area contributed by atoms with Crippen LogP contribution in [0.5, 0.6) is 0 Å². The van der Waals surface area contributed by atoms with Gasteiger partial charge in [-0.15, -0.1) is 11.3 Å². The summed E-state index contributed by atoms with van der Waals surface area (Å²) in [5, 5.41) is 16.0. The number of fused-ring (bicyclic) bond motifs is 2. The summed E-state index contributed by atoms with van der Waals surface area (Å²) in [7, 11) is 3.23. The fourth-order valence-electron chi connectivity index (χ4n) is 3.63. The summed E-state index contributed by atoms with van der Waals surface area (Å²) in [6.07, 6.45) is 2.15. The first kappa shape index (κ1) is 19.7. The fourth-order valence-corrected chi connectivity index (χ4v) is 4.61. The standard InChI is InChI=1S/C23H20N4O2S/c1-26(14-24)23(29)18(11-16-13-30-21-10-6-4-8-17(16)21)25-22(28)20-12-15-7-3-5-9-19(15)27(20)2/h3-10,12-13,18H,11H2,1-2H3,(H,25,28). The van der Waals surface area contributed by atoms with E-state index in [9.17, 15) is 14.9 Å². The molecule has 1 N–H and O–H groups in total. The summed E-state index contributed by atoms with van der Waals surface area (Å²) in [6, 6.07) is 16.6. The number of rotatable bonds is 5. The summed E-state index contributed by atoms with van der Waals surface area (Å²) in [5.74, 6) is -0.794. The number of nitrogens with zero attached hydrogens (tertiary/aromatic N) is 3. The Balaban J connectivity index is 1.65. The molecule has 0 aliphatic rings. The zero-order valence-electron chi connectivity index (χ0n) is 16.6. The van der Waals surface area contributed by atoms with Gasteiger partial charge in [0, 0.05) is 36.1 Å². The summed E-state index contributed by atoms with van der Waals surface area (Å²) >= 11 is 1.60. The van der Waals surface area contributed by atoms with Crippen molar-refractivity contribution in [2.75, 3.05) is 7.05 Å². The van der Waals surface area contributed by atoms with Crippen molar-refractivity contribution in [3.05, 3.63) is 71.2 Å². The third kappa shape index (κ3) is 3.53. The van der Waals surface area contributed by atoms with Crippen LogP contribution in [0, 0.1) is 11.5 Å². The monoisotopic (exact) mass is 416 g/mol. The van der Waals surface area contributed by atoms with Crippen LogP contribution in [0.4, 0.5) is 0 Å². The van der Waals surface area contributed by atoms with Crippen LogP contribution >= 0.6 is 11.3 Å². The third-order valence-corrected chi connectivity index (χ3v) is 6.27. The van der Waals surface area contributed by atoms with Crippen LogP contribution in [0.15, 0.2) is 60.0 Å². The van der Waals surface area contributed by atoms with Gasteiger partial charge >= 0.3 is 0 Å². The number of hydrogen-bond donors (Lipinski definition) is 1. The fraction of sp³-hybridized carbons (Fsp3) is 0.174. The number of carbonyl (C=O) groups excluding carboxylic acids is 2. The molecular formula is C23H20N4O2S. The van der Waals surface area contributed by atoms with Gasteiger partial charge < -0.3 is 9.88 Å². The van der Waals surface area contributed by atoms with Crippen LogP contribution in [0.25, 0.3) is 21.0 Å². The lowest BCUT2D eigenvalue weighted by Crippen LogP contribution is -2.47. The molecule has 150 valence electrons. The van der Waals surface area contributed by atoms with Gasteiger partial charge in [0.1, 0.15) is 11.7 Å². The Labute approximate surface area is 177 Å². The van der Waals surface area contributed by atoms with E-state index in [0.29, 0.717) is 12.1 Å². The highest BCUT2D eigenvalue weighted by Crippen LogP contribution is 2.27. The smallest absolute Gasteiger partial charge is 0.268 e. The first-order chi connectivity index (χ1) is 14.5. The first-order valence-electron chi connectivity index (χ1n) is 9.47. The molecule has 2 heterocycles. The molecule has 0 saturated heterocycles. The van der Waals surface area contributed by atoms with Gasteiger partial charge in [0.05, 0.1) is 0 Å². The maximum atomic E-state index is 13.1. The van der Waals surface area contributed by atoms with Gasteiger partial charge in [0.15, 0.2) is 6.19 Å². The normalized spacial score (nSPS) is 11.9. The Morgan fingerprint density at radius 3 is 2.70 bits per heavy atom. The van der Waals surface area contributed by atoms with Crippen molar-refractivity contribution in [1.29, 1.82) is 5.26 Å². The number of benzene rings is 2. The van der Waals surface area contributed by atoms with Gasteiger partial charge in [0.2, 0.25) is 0 Å². The maximum absolute atomic E-state index is 13.1. The van der Waals surface area contributed by atoms with Crippen LogP contribution < -0.4 is 5.32 Å². The molecule has 0 aliphatic carbocycles. The van der Waals surface area contributed by atoms with Gasteiger partial charge in [-0.25, -0.2) is 0 Å². The van der Waals surface area contributed by atoms with Crippen molar-refractivity contribution in [3.8, 4) is 6.19 Å². The number of carbonyl (C=O) groups is 2. The maximum Gasteiger partial charge on any atom is 0.268 e. The lowest BCUT2D eigenvalue weighted by atomic mass is 10.0. The molecule has 0 aliphatic heterocycles. The minimum absolute atomic E-state index is 0.310. The second-order valence-corrected chi connectivity index (χ2v) is 8.04. The lowest BCUT2D eigenvalue weighted by molar-refractivity contribution is -0.129. The quantitative estimate of drug-likeness (QED) is 0.398. The number of amides is 2. The molecule has 0 fully saturated rings. The van der Waals surface area contributed by atoms with E-state index in [4.69, 9.17) is 0 Å². The number of nitrogens with one attached hydrogen (secondary N) is 1. The predicted molar refractivity (Wildman–Crippen MR) is 118 cm³/mol. The number of para-hydroxylation sites is 1. The zero-order chi connectivity index (χ0) is 21.3. The molecule has 1 atom stereocenters. The molecule has 2 aromatic carbocycles. The van der Waals surface area contributed by atoms with Crippen LogP contribution in [0.3, 0.4) is 0 Å². The average Bonchev–Trinajstić information content (AvgIpc) is 3.33. The topological polar surface area (TPSA) is 78.1 Å². The number of likely N-dealkylation sites (N-methyl/N-ethyl adjacent to an activating group) is 1. The van der Waals surface area contributed by atoms with E-state index in [1.807, 2.05) is 67.2 Å². The van der Waals surface area contributed by atoms with Crippen molar-refractivity contribution < 1.29 is 9.59 Å². The highest BCUT2D eigenvalue weighted by Gasteiger charge is 2.27. The summed E-state index contributed by atoms with van der Waals surface area (Å²) in [5.41, 5.74) is 2.37. The van der Waals surface area contributed by atoms with Crippen molar-refractivity contribution >= 4 is 44.1 Å². The molecule has 1 unspecified atom stereocenters. The molecule has 0 spiro atoms. The summed E-state index contributed by atoms with van der Waals surface area (Å²) in [6.45, 7) is 0. The van der Waals surface area contributed by atoms with Gasteiger partial charge in [0.25, 0.3) is 11.8 Å². The predicted octanol–water partition coefficient (Wildman–Crippen LogP) is 3.67. The molecule has 4 aromatic rings. The van der Waals surface area contributed by atoms with Gasteiger partial charge in [-0.05, 0) is 34.5 Å². The Morgan fingerprint density at radius 2 is 1.93 bits per heavy atom. The highest BCUT2D eigenvalue weighted by molar-refractivity contribution is 7.17. The molecule has 0 radical (unpaired) electrons. The Bertz CT molecular complexity index is 1300. The van der Waals surface area contributed by atoms with E-state index in [2.05, 4.69) is 5.32 Å². The zero-order valence-corrected chi connectivity index (χ0v) is 17.4. The number of thiophene rings is 1. The van der Waals surface area contributed by atoms with Gasteiger partial charge in [-0.3, -0.25) is 14.5 Å². The van der Waals surface area contributed by atoms with E-state index in [1.54, 1.807) is 22.0 Å². The van der Waals surface area contributed by atoms with E-state index in [1.165, 1.54) is 7.05 Å². The molecular weight excluding hydrogens is 396 g/mol. The van der Waals surface area contributed by atoms with Gasteiger partial charge in [-0.2, -0.15) is 5.26 Å². The van der Waals surface area contributed by atoms with Gasteiger partial charge in [-0.1, -0.05) is 36.4 Å². The molecule has 0 saturated carbocycles. The van der Waals surface area contributed by atoms with Crippen molar-refractivity contribution in [1.82, 2.24) is 14.8 Å². The molecule has 0 bridgehead atoms. The van der Waals surface area contributed by atoms with Crippen LogP contribution in [0.1, 0.15) is 16.1 Å². The van der Waals surface area contributed by atoms with E-state index < -0.39 is 11.9 Å². The molecule has 2 amide bonds. The van der Waals surface area contributed by atoms with Crippen LogP contribution in [0.2, 0.25) is 0 Å². The second kappa shape index (κ2) is 8.01. The number of hydrogen-bond acceptors (Lipinski definition) is 4. The SMILES string of the molecule is CN(C#N)C(=O)C(Cc1csc2ccccc12)NC(=O)c1cc2ccccc2n1C. The summed E-state index contributed by atoms with van der Waals surface area (Å²) in [4.78, 5) is 26.9. The van der Waals surface area contributed by atoms with Crippen molar-refractivity contribution in [3.63, 3.8) is 0 Å². The summed E-state index contributed by atoms with van der Waals surface area (Å²) < 4.78 is 2.92.